The van der Waals surface area contributed by atoms with E-state index >= 15 is 0 Å². The van der Waals surface area contributed by atoms with Gasteiger partial charge in [0.05, 0.1) is 7.11 Å². The Kier molecular flexibility index (Phi) is 3.17. The summed E-state index contributed by atoms with van der Waals surface area (Å²) in [6.07, 6.45) is 1.12. The third-order valence-corrected chi connectivity index (χ3v) is 3.06. The lowest BCUT2D eigenvalue weighted by molar-refractivity contribution is 0.371. The molecule has 1 fully saturated rings. The van der Waals surface area contributed by atoms with Crippen molar-refractivity contribution in [3.05, 3.63) is 29.3 Å². The van der Waals surface area contributed by atoms with Gasteiger partial charge in [-0.1, -0.05) is 12.1 Å². The van der Waals surface area contributed by atoms with Crippen LogP contribution >= 0.6 is 0 Å². The predicted octanol–water partition coefficient (Wildman–Crippen LogP) is 1.57. The maximum absolute atomic E-state index is 5.88. The van der Waals surface area contributed by atoms with Gasteiger partial charge < -0.3 is 15.4 Å². The van der Waals surface area contributed by atoms with Crippen LogP contribution in [0, 0.1) is 0 Å². The predicted molar refractivity (Wildman–Crippen MR) is 65.7 cm³/mol. The Hall–Kier alpha value is -1.06. The molecule has 2 rings (SSSR count). The van der Waals surface area contributed by atoms with E-state index < -0.39 is 0 Å². The van der Waals surface area contributed by atoms with Gasteiger partial charge in [0, 0.05) is 24.1 Å². The molecule has 3 heteroatoms. The summed E-state index contributed by atoms with van der Waals surface area (Å²) in [6.45, 7) is 0.902. The quantitative estimate of drug-likeness (QED) is 0.837. The van der Waals surface area contributed by atoms with Crippen LogP contribution in [-0.2, 0) is 6.54 Å². The van der Waals surface area contributed by atoms with Crippen molar-refractivity contribution >= 4 is 0 Å². The fourth-order valence-electron chi connectivity index (χ4n) is 2.09. The number of hydrogen-bond donors (Lipinski definition) is 1. The standard InChI is InChI=1S/C13H20N2O/c1-15(2)8-10-6-9(11-7-12(11)14)4-5-13(10)16-3/h4-6,11-12H,7-8,14H2,1-3H3. The van der Waals surface area contributed by atoms with E-state index in [1.54, 1.807) is 7.11 Å². The molecule has 2 N–H and O–H groups in total. The first-order valence-corrected chi connectivity index (χ1v) is 5.69. The Balaban J connectivity index is 2.24. The molecule has 1 saturated carbocycles. The number of nitrogens with two attached hydrogens (primary N) is 1. The number of hydrogen-bond acceptors (Lipinski definition) is 3. The van der Waals surface area contributed by atoms with Gasteiger partial charge in [-0.2, -0.15) is 0 Å². The zero-order valence-corrected chi connectivity index (χ0v) is 10.2. The highest BCUT2D eigenvalue weighted by Crippen LogP contribution is 2.40. The Labute approximate surface area is 97.2 Å². The topological polar surface area (TPSA) is 38.5 Å². The van der Waals surface area contributed by atoms with Crippen molar-refractivity contribution in [2.75, 3.05) is 21.2 Å². The fraction of sp³-hybridized carbons (Fsp3) is 0.538. The number of rotatable bonds is 4. The third kappa shape index (κ3) is 2.36. The van der Waals surface area contributed by atoms with Crippen molar-refractivity contribution in [3.63, 3.8) is 0 Å². The van der Waals surface area contributed by atoms with Crippen LogP contribution in [0.5, 0.6) is 5.75 Å². The molecule has 0 saturated heterocycles. The first-order valence-electron chi connectivity index (χ1n) is 5.69. The van der Waals surface area contributed by atoms with Crippen LogP contribution in [-0.4, -0.2) is 32.1 Å². The zero-order chi connectivity index (χ0) is 11.7. The highest BCUT2D eigenvalue weighted by molar-refractivity contribution is 5.40. The Bertz CT molecular complexity index is 376. The number of methoxy groups -OCH3 is 1. The van der Waals surface area contributed by atoms with Crippen LogP contribution in [0.1, 0.15) is 23.5 Å². The molecule has 1 aromatic rings. The van der Waals surface area contributed by atoms with Gasteiger partial charge in [0.1, 0.15) is 5.75 Å². The van der Waals surface area contributed by atoms with E-state index in [-0.39, 0.29) is 0 Å². The van der Waals surface area contributed by atoms with E-state index in [2.05, 4.69) is 37.2 Å². The summed E-state index contributed by atoms with van der Waals surface area (Å²) in [4.78, 5) is 2.15. The lowest BCUT2D eigenvalue weighted by Gasteiger charge is -2.14. The van der Waals surface area contributed by atoms with Crippen molar-refractivity contribution in [2.24, 2.45) is 5.73 Å². The van der Waals surface area contributed by atoms with Gasteiger partial charge in [0.25, 0.3) is 0 Å². The first kappa shape index (κ1) is 11.4. The second-order valence-electron chi connectivity index (χ2n) is 4.82. The average molecular weight is 220 g/mol. The summed E-state index contributed by atoms with van der Waals surface area (Å²) in [5.41, 5.74) is 8.47. The summed E-state index contributed by atoms with van der Waals surface area (Å²) in [5.74, 6) is 1.53. The Morgan fingerprint density at radius 3 is 2.62 bits per heavy atom. The third-order valence-electron chi connectivity index (χ3n) is 3.06. The molecule has 0 spiro atoms. The van der Waals surface area contributed by atoms with Gasteiger partial charge in [-0.25, -0.2) is 0 Å². The van der Waals surface area contributed by atoms with E-state index in [1.807, 2.05) is 0 Å². The molecule has 88 valence electrons. The van der Waals surface area contributed by atoms with Gasteiger partial charge in [-0.15, -0.1) is 0 Å². The number of ether oxygens (including phenoxy) is 1. The minimum atomic E-state index is 0.362. The van der Waals surface area contributed by atoms with Crippen LogP contribution in [0.25, 0.3) is 0 Å². The van der Waals surface area contributed by atoms with Crippen molar-refractivity contribution in [1.82, 2.24) is 4.90 Å². The maximum atomic E-state index is 5.88. The molecule has 1 aliphatic rings. The monoisotopic (exact) mass is 220 g/mol. The maximum Gasteiger partial charge on any atom is 0.123 e. The summed E-state index contributed by atoms with van der Waals surface area (Å²) in [7, 11) is 5.85. The minimum Gasteiger partial charge on any atom is -0.496 e. The lowest BCUT2D eigenvalue weighted by atomic mass is 10.1. The van der Waals surface area contributed by atoms with Crippen LogP contribution in [0.3, 0.4) is 0 Å². The van der Waals surface area contributed by atoms with Crippen LogP contribution < -0.4 is 10.5 Å². The van der Waals surface area contributed by atoms with Crippen molar-refractivity contribution in [1.29, 1.82) is 0 Å². The molecule has 1 aromatic carbocycles. The van der Waals surface area contributed by atoms with E-state index in [0.717, 1.165) is 18.7 Å². The van der Waals surface area contributed by atoms with Crippen molar-refractivity contribution < 1.29 is 4.74 Å². The summed E-state index contributed by atoms with van der Waals surface area (Å²) in [6, 6.07) is 6.78. The van der Waals surface area contributed by atoms with Crippen molar-refractivity contribution in [3.8, 4) is 5.75 Å². The van der Waals surface area contributed by atoms with E-state index in [1.165, 1.54) is 11.1 Å². The summed E-state index contributed by atoms with van der Waals surface area (Å²) in [5, 5.41) is 0. The molecular weight excluding hydrogens is 200 g/mol. The normalized spacial score (nSPS) is 23.6. The average Bonchev–Trinajstić information content (AvgIpc) is 2.94. The molecular formula is C13H20N2O. The SMILES string of the molecule is COc1ccc(C2CC2N)cc1CN(C)C. The summed E-state index contributed by atoms with van der Waals surface area (Å²) < 4.78 is 5.37. The molecule has 2 unspecified atom stereocenters. The second-order valence-corrected chi connectivity index (χ2v) is 4.82. The molecule has 2 atom stereocenters. The molecule has 0 bridgehead atoms. The van der Waals surface area contributed by atoms with Gasteiger partial charge in [-0.3, -0.25) is 0 Å². The fourth-order valence-corrected chi connectivity index (χ4v) is 2.09. The molecule has 16 heavy (non-hydrogen) atoms. The van der Waals surface area contributed by atoms with Gasteiger partial charge >= 0.3 is 0 Å². The highest BCUT2D eigenvalue weighted by atomic mass is 16.5. The van der Waals surface area contributed by atoms with Crippen molar-refractivity contribution in [2.45, 2.75) is 24.9 Å². The molecule has 3 nitrogen and oxygen atoms in total. The van der Waals surface area contributed by atoms with Crippen LogP contribution in [0.15, 0.2) is 18.2 Å². The largest absolute Gasteiger partial charge is 0.496 e. The van der Waals surface area contributed by atoms with Gasteiger partial charge in [0.2, 0.25) is 0 Å². The Morgan fingerprint density at radius 1 is 1.44 bits per heavy atom. The van der Waals surface area contributed by atoms with Gasteiger partial charge in [0.15, 0.2) is 0 Å². The molecule has 0 aromatic heterocycles. The molecule has 0 aliphatic heterocycles. The van der Waals surface area contributed by atoms with E-state index in [9.17, 15) is 0 Å². The smallest absolute Gasteiger partial charge is 0.123 e. The Morgan fingerprint density at radius 2 is 2.12 bits per heavy atom. The lowest BCUT2D eigenvalue weighted by Crippen LogP contribution is -2.12. The number of benzene rings is 1. The minimum absolute atomic E-state index is 0.362. The van der Waals surface area contributed by atoms with Crippen LogP contribution in [0.2, 0.25) is 0 Å². The van der Waals surface area contributed by atoms with Crippen LogP contribution in [0.4, 0.5) is 0 Å². The number of nitrogens with zero attached hydrogens (tertiary/aromatic N) is 1. The summed E-state index contributed by atoms with van der Waals surface area (Å²) >= 11 is 0. The molecule has 1 aliphatic carbocycles. The van der Waals surface area contributed by atoms with E-state index in [0.29, 0.717) is 12.0 Å². The second kappa shape index (κ2) is 4.44. The first-order chi connectivity index (χ1) is 7.61. The zero-order valence-electron chi connectivity index (χ0n) is 10.2. The van der Waals surface area contributed by atoms with Gasteiger partial charge in [-0.05, 0) is 32.1 Å². The van der Waals surface area contributed by atoms with E-state index in [4.69, 9.17) is 10.5 Å². The molecule has 0 radical (unpaired) electrons. The molecule has 0 amide bonds. The molecule has 0 heterocycles. The highest BCUT2D eigenvalue weighted by Gasteiger charge is 2.35.